The molecule has 25 heavy (non-hydrogen) atoms. The lowest BCUT2D eigenvalue weighted by molar-refractivity contribution is -0.129. The van der Waals surface area contributed by atoms with Crippen LogP contribution in [0.5, 0.6) is 0 Å². The van der Waals surface area contributed by atoms with Crippen molar-refractivity contribution in [2.75, 3.05) is 13.1 Å². The molecule has 6 heteroatoms. The van der Waals surface area contributed by atoms with Crippen LogP contribution >= 0.6 is 0 Å². The first-order valence-electron chi connectivity index (χ1n) is 8.86. The Morgan fingerprint density at radius 1 is 1.24 bits per heavy atom. The van der Waals surface area contributed by atoms with Gasteiger partial charge in [-0.1, -0.05) is 18.2 Å². The highest BCUT2D eigenvalue weighted by Crippen LogP contribution is 2.26. The van der Waals surface area contributed by atoms with Gasteiger partial charge in [-0.3, -0.25) is 14.8 Å². The number of likely N-dealkylation sites (tertiary alicyclic amines) is 1. The van der Waals surface area contributed by atoms with Gasteiger partial charge in [0.05, 0.1) is 5.56 Å². The zero-order chi connectivity index (χ0) is 17.8. The summed E-state index contributed by atoms with van der Waals surface area (Å²) in [5.74, 6) is 0.321. The molecule has 0 radical (unpaired) electrons. The Morgan fingerprint density at radius 2 is 1.96 bits per heavy atom. The summed E-state index contributed by atoms with van der Waals surface area (Å²) < 4.78 is 2.00. The van der Waals surface area contributed by atoms with Gasteiger partial charge in [0, 0.05) is 43.7 Å². The van der Waals surface area contributed by atoms with E-state index in [1.54, 1.807) is 5.48 Å². The van der Waals surface area contributed by atoms with Gasteiger partial charge in [-0.15, -0.1) is 0 Å². The molecule has 3 rings (SSSR count). The highest BCUT2D eigenvalue weighted by atomic mass is 16.5. The van der Waals surface area contributed by atoms with Crippen molar-refractivity contribution in [1.82, 2.24) is 14.9 Å². The molecule has 0 unspecified atom stereocenters. The lowest BCUT2D eigenvalue weighted by atomic mass is 9.91. The molecule has 1 aromatic heterocycles. The van der Waals surface area contributed by atoms with E-state index in [2.05, 4.69) is 0 Å². The molecule has 1 aliphatic heterocycles. The Kier molecular flexibility index (Phi) is 5.38. The third-order valence-corrected chi connectivity index (χ3v) is 5.17. The van der Waals surface area contributed by atoms with E-state index < -0.39 is 0 Å². The Morgan fingerprint density at radius 3 is 2.68 bits per heavy atom. The van der Waals surface area contributed by atoms with Gasteiger partial charge >= 0.3 is 0 Å². The standard InChI is InChI=1S/C19H25N3O3/c1-21-13-16(15-6-2-3-7-17(15)21)19(24)22-11-9-14(10-12-22)5-4-8-18(23)20-25/h2-3,6-7,13-14,25H,4-5,8-12H2,1H3,(H,20,23). The average molecular weight is 343 g/mol. The molecular weight excluding hydrogens is 318 g/mol. The number of carbonyl (C=O) groups is 2. The minimum absolute atomic E-state index is 0.106. The third kappa shape index (κ3) is 3.85. The molecule has 0 bridgehead atoms. The molecule has 1 aliphatic rings. The van der Waals surface area contributed by atoms with Crippen molar-refractivity contribution < 1.29 is 14.8 Å². The number of rotatable bonds is 5. The van der Waals surface area contributed by atoms with Crippen LogP contribution in [-0.2, 0) is 11.8 Å². The number of hydroxylamine groups is 1. The molecule has 1 fully saturated rings. The van der Waals surface area contributed by atoms with Crippen molar-refractivity contribution in [3.05, 3.63) is 36.0 Å². The molecule has 134 valence electrons. The number of hydrogen-bond acceptors (Lipinski definition) is 3. The number of nitrogens with zero attached hydrogens (tertiary/aromatic N) is 2. The van der Waals surface area contributed by atoms with E-state index in [-0.39, 0.29) is 11.8 Å². The van der Waals surface area contributed by atoms with Crippen LogP contribution in [-0.4, -0.2) is 39.6 Å². The van der Waals surface area contributed by atoms with Crippen LogP contribution in [0.2, 0.25) is 0 Å². The fourth-order valence-electron chi connectivity index (χ4n) is 3.71. The number of amides is 2. The monoisotopic (exact) mass is 343 g/mol. The number of nitrogens with one attached hydrogen (secondary N) is 1. The lowest BCUT2D eigenvalue weighted by Gasteiger charge is -2.32. The summed E-state index contributed by atoms with van der Waals surface area (Å²) in [5.41, 5.74) is 3.51. The van der Waals surface area contributed by atoms with Crippen LogP contribution < -0.4 is 5.48 Å². The largest absolute Gasteiger partial charge is 0.350 e. The van der Waals surface area contributed by atoms with E-state index >= 15 is 0 Å². The van der Waals surface area contributed by atoms with Crippen LogP contribution in [0.25, 0.3) is 10.9 Å². The van der Waals surface area contributed by atoms with E-state index in [1.807, 2.05) is 47.0 Å². The SMILES string of the molecule is Cn1cc(C(=O)N2CCC(CCCC(=O)NO)CC2)c2ccccc21. The van der Waals surface area contributed by atoms with Crippen LogP contribution in [0.1, 0.15) is 42.5 Å². The van der Waals surface area contributed by atoms with Gasteiger partial charge in [-0.2, -0.15) is 0 Å². The molecule has 1 aromatic carbocycles. The molecule has 0 saturated carbocycles. The van der Waals surface area contributed by atoms with E-state index in [0.29, 0.717) is 12.3 Å². The van der Waals surface area contributed by atoms with Crippen molar-refractivity contribution in [3.63, 3.8) is 0 Å². The highest BCUT2D eigenvalue weighted by molar-refractivity contribution is 6.07. The van der Waals surface area contributed by atoms with Gasteiger partial charge < -0.3 is 9.47 Å². The average Bonchev–Trinajstić information content (AvgIpc) is 2.99. The van der Waals surface area contributed by atoms with Gasteiger partial charge in [0.2, 0.25) is 5.91 Å². The molecular formula is C19H25N3O3. The lowest BCUT2D eigenvalue weighted by Crippen LogP contribution is -2.38. The Balaban J connectivity index is 1.57. The Hall–Kier alpha value is -2.34. The van der Waals surface area contributed by atoms with Gasteiger partial charge in [-0.05, 0) is 37.7 Å². The second kappa shape index (κ2) is 7.70. The first-order chi connectivity index (χ1) is 12.1. The number of carbonyl (C=O) groups excluding carboxylic acids is 2. The first kappa shape index (κ1) is 17.5. The second-order valence-electron chi connectivity index (χ2n) is 6.83. The second-order valence-corrected chi connectivity index (χ2v) is 6.83. The summed E-state index contributed by atoms with van der Waals surface area (Å²) in [4.78, 5) is 25.9. The van der Waals surface area contributed by atoms with Crippen molar-refractivity contribution in [1.29, 1.82) is 0 Å². The van der Waals surface area contributed by atoms with Crippen LogP contribution in [0.15, 0.2) is 30.5 Å². The number of aryl methyl sites for hydroxylation is 1. The summed E-state index contributed by atoms with van der Waals surface area (Å²) in [6, 6.07) is 7.98. The summed E-state index contributed by atoms with van der Waals surface area (Å²) >= 11 is 0. The molecule has 0 aliphatic carbocycles. The molecule has 6 nitrogen and oxygen atoms in total. The quantitative estimate of drug-likeness (QED) is 0.647. The summed E-state index contributed by atoms with van der Waals surface area (Å²) in [5, 5.41) is 9.51. The molecule has 0 atom stereocenters. The van der Waals surface area contributed by atoms with Crippen molar-refractivity contribution in [3.8, 4) is 0 Å². The summed E-state index contributed by atoms with van der Waals surface area (Å²) in [6.45, 7) is 1.53. The molecule has 2 amide bonds. The van der Waals surface area contributed by atoms with E-state index in [0.717, 1.165) is 55.2 Å². The highest BCUT2D eigenvalue weighted by Gasteiger charge is 2.25. The Bertz CT molecular complexity index is 760. The summed E-state index contributed by atoms with van der Waals surface area (Å²) in [6.07, 6.45) is 5.95. The Labute approximate surface area is 147 Å². The minimum atomic E-state index is -0.330. The van der Waals surface area contributed by atoms with E-state index in [1.165, 1.54) is 0 Å². The van der Waals surface area contributed by atoms with Gasteiger partial charge in [0.25, 0.3) is 5.91 Å². The smallest absolute Gasteiger partial charge is 0.256 e. The van der Waals surface area contributed by atoms with E-state index in [9.17, 15) is 9.59 Å². The van der Waals surface area contributed by atoms with Crippen LogP contribution in [0, 0.1) is 5.92 Å². The molecule has 2 aromatic rings. The predicted octanol–water partition coefficient (Wildman–Crippen LogP) is 2.71. The van der Waals surface area contributed by atoms with Crippen LogP contribution in [0.3, 0.4) is 0 Å². The normalized spacial score (nSPS) is 15.5. The van der Waals surface area contributed by atoms with Gasteiger partial charge in [0.1, 0.15) is 0 Å². The maximum atomic E-state index is 12.9. The maximum absolute atomic E-state index is 12.9. The maximum Gasteiger partial charge on any atom is 0.256 e. The topological polar surface area (TPSA) is 74.6 Å². The van der Waals surface area contributed by atoms with Crippen molar-refractivity contribution in [2.45, 2.75) is 32.1 Å². The molecule has 2 N–H and O–H groups in total. The van der Waals surface area contributed by atoms with Crippen molar-refractivity contribution in [2.24, 2.45) is 13.0 Å². The molecule has 1 saturated heterocycles. The summed E-state index contributed by atoms with van der Waals surface area (Å²) in [7, 11) is 1.97. The van der Waals surface area contributed by atoms with Gasteiger partial charge in [0.15, 0.2) is 0 Å². The number of benzene rings is 1. The number of para-hydroxylation sites is 1. The minimum Gasteiger partial charge on any atom is -0.350 e. The van der Waals surface area contributed by atoms with Crippen LogP contribution in [0.4, 0.5) is 0 Å². The zero-order valence-corrected chi connectivity index (χ0v) is 14.6. The van der Waals surface area contributed by atoms with E-state index in [4.69, 9.17) is 5.21 Å². The molecule has 2 heterocycles. The van der Waals surface area contributed by atoms with Gasteiger partial charge in [-0.25, -0.2) is 5.48 Å². The fourth-order valence-corrected chi connectivity index (χ4v) is 3.71. The number of piperidine rings is 1. The predicted molar refractivity (Wildman–Crippen MR) is 95.3 cm³/mol. The number of aromatic nitrogens is 1. The van der Waals surface area contributed by atoms with Crippen molar-refractivity contribution >= 4 is 22.7 Å². The number of fused-ring (bicyclic) bond motifs is 1. The third-order valence-electron chi connectivity index (χ3n) is 5.17. The first-order valence-corrected chi connectivity index (χ1v) is 8.86. The number of hydrogen-bond donors (Lipinski definition) is 2. The zero-order valence-electron chi connectivity index (χ0n) is 14.6. The fraction of sp³-hybridized carbons (Fsp3) is 0.474. The molecule has 0 spiro atoms.